The van der Waals surface area contributed by atoms with Crippen LogP contribution < -0.4 is 5.32 Å². The van der Waals surface area contributed by atoms with Crippen LogP contribution in [-0.4, -0.2) is 35.2 Å². The third-order valence-corrected chi connectivity index (χ3v) is 6.32. The summed E-state index contributed by atoms with van der Waals surface area (Å²) in [6.07, 6.45) is 8.06. The van der Waals surface area contributed by atoms with Crippen molar-refractivity contribution in [2.75, 3.05) is 12.4 Å². The fourth-order valence-electron chi connectivity index (χ4n) is 3.37. The number of nitrogens with one attached hydrogen (secondary N) is 1. The zero-order chi connectivity index (χ0) is 15.3. The Kier molecular flexibility index (Phi) is 6.42. The van der Waals surface area contributed by atoms with Gasteiger partial charge in [0.15, 0.2) is 0 Å². The van der Waals surface area contributed by atoms with Gasteiger partial charge in [0, 0.05) is 11.3 Å². The Balaban J connectivity index is 1.96. The van der Waals surface area contributed by atoms with E-state index < -0.39 is 0 Å². The van der Waals surface area contributed by atoms with E-state index >= 15 is 0 Å². The first kappa shape index (κ1) is 17.1. The molecule has 1 N–H and O–H groups in total. The summed E-state index contributed by atoms with van der Waals surface area (Å²) in [6.45, 7) is 6.93. The Labute approximate surface area is 134 Å². The number of carbonyl (C=O) groups is 1. The second-order valence-electron chi connectivity index (χ2n) is 6.58. The van der Waals surface area contributed by atoms with Crippen LogP contribution in [0.3, 0.4) is 0 Å². The zero-order valence-corrected chi connectivity index (χ0v) is 14.6. The molecular formula is C17H31NO2S. The second-order valence-corrected chi connectivity index (χ2v) is 8.12. The van der Waals surface area contributed by atoms with Crippen molar-refractivity contribution in [3.8, 4) is 0 Å². The lowest BCUT2D eigenvalue weighted by Gasteiger charge is -2.34. The minimum atomic E-state index is -0.382. The fraction of sp³-hybridized carbons (Fsp3) is 0.941. The highest BCUT2D eigenvalue weighted by Gasteiger charge is 2.51. The minimum Gasteiger partial charge on any atom is -0.465 e. The predicted octanol–water partition coefficient (Wildman–Crippen LogP) is 3.76. The van der Waals surface area contributed by atoms with Gasteiger partial charge in [-0.05, 0) is 57.1 Å². The molecule has 0 aliphatic heterocycles. The van der Waals surface area contributed by atoms with Crippen LogP contribution in [0.1, 0.15) is 65.7 Å². The molecule has 3 nitrogen and oxygen atoms in total. The lowest BCUT2D eigenvalue weighted by Crippen LogP contribution is -2.56. The van der Waals surface area contributed by atoms with Crippen LogP contribution in [0.4, 0.5) is 0 Å². The molecule has 2 saturated carbocycles. The van der Waals surface area contributed by atoms with Gasteiger partial charge in [-0.15, -0.1) is 0 Å². The Bertz CT molecular complexity index is 346. The average Bonchev–Trinajstić information content (AvgIpc) is 3.19. The molecule has 0 aromatic carbocycles. The molecule has 2 aliphatic carbocycles. The van der Waals surface area contributed by atoms with Crippen molar-refractivity contribution in [2.45, 2.75) is 82.5 Å². The second kappa shape index (κ2) is 7.87. The summed E-state index contributed by atoms with van der Waals surface area (Å²) >= 11 is 2.04. The molecule has 0 aromatic rings. The molecule has 0 saturated heterocycles. The monoisotopic (exact) mass is 313 g/mol. The van der Waals surface area contributed by atoms with Crippen LogP contribution in [0.2, 0.25) is 0 Å². The molecule has 3 unspecified atom stereocenters. The van der Waals surface area contributed by atoms with Crippen LogP contribution >= 0.6 is 11.8 Å². The number of esters is 1. The van der Waals surface area contributed by atoms with E-state index in [1.807, 2.05) is 18.7 Å². The largest absolute Gasteiger partial charge is 0.465 e. The first-order chi connectivity index (χ1) is 10.1. The first-order valence-corrected chi connectivity index (χ1v) is 9.73. The fourth-order valence-corrected chi connectivity index (χ4v) is 4.43. The van der Waals surface area contributed by atoms with Gasteiger partial charge in [-0.2, -0.15) is 11.8 Å². The van der Waals surface area contributed by atoms with E-state index in [2.05, 4.69) is 19.2 Å². The molecule has 4 heteroatoms. The Hall–Kier alpha value is -0.220. The number of ether oxygens (including phenoxy) is 1. The summed E-state index contributed by atoms with van der Waals surface area (Å²) in [5, 5.41) is 4.39. The number of rotatable bonds is 9. The van der Waals surface area contributed by atoms with E-state index in [-0.39, 0.29) is 11.5 Å². The lowest BCUT2D eigenvalue weighted by molar-refractivity contribution is -0.153. The molecular weight excluding hydrogens is 282 g/mol. The first-order valence-electron chi connectivity index (χ1n) is 8.69. The molecule has 2 fully saturated rings. The topological polar surface area (TPSA) is 38.3 Å². The third-order valence-electron chi connectivity index (χ3n) is 4.94. The third kappa shape index (κ3) is 4.38. The van der Waals surface area contributed by atoms with Gasteiger partial charge in [-0.1, -0.05) is 20.3 Å². The van der Waals surface area contributed by atoms with Crippen LogP contribution in [0.5, 0.6) is 0 Å². The van der Waals surface area contributed by atoms with Crippen molar-refractivity contribution in [1.82, 2.24) is 5.32 Å². The quantitative estimate of drug-likeness (QED) is 0.658. The molecule has 0 heterocycles. The number of thioether (sulfide) groups is 1. The summed E-state index contributed by atoms with van der Waals surface area (Å²) < 4.78 is 5.43. The van der Waals surface area contributed by atoms with Crippen molar-refractivity contribution in [3.63, 3.8) is 0 Å². The highest BCUT2D eigenvalue weighted by atomic mass is 32.2. The molecule has 0 bridgehead atoms. The molecule has 2 rings (SSSR count). The highest BCUT2D eigenvalue weighted by molar-refractivity contribution is 7.99. The Morgan fingerprint density at radius 1 is 1.38 bits per heavy atom. The Morgan fingerprint density at radius 2 is 2.14 bits per heavy atom. The Morgan fingerprint density at radius 3 is 2.76 bits per heavy atom. The van der Waals surface area contributed by atoms with Gasteiger partial charge in [-0.25, -0.2) is 0 Å². The maximum Gasteiger partial charge on any atom is 0.326 e. The van der Waals surface area contributed by atoms with Crippen molar-refractivity contribution in [1.29, 1.82) is 0 Å². The minimum absolute atomic E-state index is 0.00735. The van der Waals surface area contributed by atoms with E-state index in [0.29, 0.717) is 18.6 Å². The normalized spacial score (nSPS) is 30.3. The smallest absolute Gasteiger partial charge is 0.326 e. The van der Waals surface area contributed by atoms with Crippen molar-refractivity contribution >= 4 is 17.7 Å². The summed E-state index contributed by atoms with van der Waals surface area (Å²) in [5.41, 5.74) is -0.382. The van der Waals surface area contributed by atoms with Gasteiger partial charge in [0.25, 0.3) is 0 Å². The summed E-state index contributed by atoms with van der Waals surface area (Å²) in [4.78, 5) is 12.6. The van der Waals surface area contributed by atoms with Crippen LogP contribution in [0.25, 0.3) is 0 Å². The summed E-state index contributed by atoms with van der Waals surface area (Å²) in [7, 11) is 0. The van der Waals surface area contributed by atoms with Crippen LogP contribution in [-0.2, 0) is 9.53 Å². The van der Waals surface area contributed by atoms with Crippen LogP contribution in [0, 0.1) is 5.92 Å². The van der Waals surface area contributed by atoms with E-state index in [1.165, 1.54) is 25.7 Å². The van der Waals surface area contributed by atoms with E-state index in [4.69, 9.17) is 4.74 Å². The zero-order valence-electron chi connectivity index (χ0n) is 13.8. The van der Waals surface area contributed by atoms with Crippen LogP contribution in [0.15, 0.2) is 0 Å². The molecule has 0 aromatic heterocycles. The maximum atomic E-state index is 12.6. The molecule has 2 aliphatic rings. The molecule has 0 spiro atoms. The van der Waals surface area contributed by atoms with Gasteiger partial charge >= 0.3 is 5.97 Å². The molecule has 0 amide bonds. The number of carbonyl (C=O) groups excluding carboxylic acids is 1. The number of hydrogen-bond donors (Lipinski definition) is 1. The van der Waals surface area contributed by atoms with Crippen molar-refractivity contribution < 1.29 is 9.53 Å². The molecule has 122 valence electrons. The lowest BCUT2D eigenvalue weighted by atomic mass is 9.84. The highest BCUT2D eigenvalue weighted by Crippen LogP contribution is 2.42. The van der Waals surface area contributed by atoms with Gasteiger partial charge in [0.2, 0.25) is 0 Å². The standard InChI is InChI=1S/C17H31NO2S/c1-4-13(3)21-12-10-14-7-6-11-17(14,16(19)20-5-2)18-15-8-9-15/h13-15,18H,4-12H2,1-3H3. The molecule has 21 heavy (non-hydrogen) atoms. The van der Waals surface area contributed by atoms with E-state index in [0.717, 1.165) is 30.3 Å². The van der Waals surface area contributed by atoms with Gasteiger partial charge < -0.3 is 4.74 Å². The SMILES string of the molecule is CCOC(=O)C1(NC2CC2)CCCC1CCSC(C)CC. The van der Waals surface area contributed by atoms with Gasteiger partial charge in [-0.3, -0.25) is 10.1 Å². The van der Waals surface area contributed by atoms with Gasteiger partial charge in [0.1, 0.15) is 5.54 Å². The van der Waals surface area contributed by atoms with Gasteiger partial charge in [0.05, 0.1) is 6.61 Å². The summed E-state index contributed by atoms with van der Waals surface area (Å²) in [5.74, 6) is 1.62. The van der Waals surface area contributed by atoms with Crippen molar-refractivity contribution in [2.24, 2.45) is 5.92 Å². The van der Waals surface area contributed by atoms with Crippen molar-refractivity contribution in [3.05, 3.63) is 0 Å². The predicted molar refractivity (Wildman–Crippen MR) is 89.7 cm³/mol. The molecule has 0 radical (unpaired) electrons. The maximum absolute atomic E-state index is 12.6. The number of hydrogen-bond acceptors (Lipinski definition) is 4. The molecule has 3 atom stereocenters. The summed E-state index contributed by atoms with van der Waals surface area (Å²) in [6, 6.07) is 0.553. The van der Waals surface area contributed by atoms with E-state index in [9.17, 15) is 4.79 Å². The van der Waals surface area contributed by atoms with E-state index in [1.54, 1.807) is 0 Å². The average molecular weight is 314 g/mol.